The van der Waals surface area contributed by atoms with E-state index in [1.54, 1.807) is 12.1 Å². The molecule has 19 heavy (non-hydrogen) atoms. The Balaban J connectivity index is 2.18. The van der Waals surface area contributed by atoms with Gasteiger partial charge in [-0.1, -0.05) is 13.8 Å². The summed E-state index contributed by atoms with van der Waals surface area (Å²) in [5.41, 5.74) is 7.33. The van der Waals surface area contributed by atoms with Crippen molar-refractivity contribution in [1.29, 1.82) is 0 Å². The molecular formula is C14H20N2O2S. The SMILES string of the molecule is CC1(C)CCN(c2ccc(C(=O)O)c(N)c2)CCS1. The molecule has 1 fully saturated rings. The van der Waals surface area contributed by atoms with Crippen molar-refractivity contribution in [3.05, 3.63) is 23.8 Å². The van der Waals surface area contributed by atoms with E-state index in [0.717, 1.165) is 31.0 Å². The fourth-order valence-electron chi connectivity index (χ4n) is 2.22. The van der Waals surface area contributed by atoms with Crippen molar-refractivity contribution in [2.24, 2.45) is 0 Å². The lowest BCUT2D eigenvalue weighted by atomic mass is 10.1. The number of rotatable bonds is 2. The predicted molar refractivity (Wildman–Crippen MR) is 81.2 cm³/mol. The Morgan fingerprint density at radius 1 is 1.42 bits per heavy atom. The number of nitrogens with two attached hydrogens (primary N) is 1. The van der Waals surface area contributed by atoms with E-state index in [0.29, 0.717) is 10.4 Å². The molecule has 0 aromatic heterocycles. The Kier molecular flexibility index (Phi) is 3.94. The van der Waals surface area contributed by atoms with Crippen LogP contribution in [0, 0.1) is 0 Å². The minimum absolute atomic E-state index is 0.174. The molecule has 1 aromatic rings. The Hall–Kier alpha value is -1.36. The van der Waals surface area contributed by atoms with Gasteiger partial charge in [0.1, 0.15) is 0 Å². The van der Waals surface area contributed by atoms with Gasteiger partial charge in [-0.2, -0.15) is 11.8 Å². The molecule has 0 aliphatic carbocycles. The van der Waals surface area contributed by atoms with Gasteiger partial charge in [0.25, 0.3) is 0 Å². The Morgan fingerprint density at radius 3 is 2.79 bits per heavy atom. The maximum absolute atomic E-state index is 11.0. The summed E-state index contributed by atoms with van der Waals surface area (Å²) < 4.78 is 0.307. The van der Waals surface area contributed by atoms with Crippen LogP contribution < -0.4 is 10.6 Å². The third-order valence-corrected chi connectivity index (χ3v) is 4.84. The van der Waals surface area contributed by atoms with Gasteiger partial charge in [0.05, 0.1) is 5.56 Å². The van der Waals surface area contributed by atoms with Crippen molar-refractivity contribution in [3.63, 3.8) is 0 Å². The first-order chi connectivity index (χ1) is 8.89. The van der Waals surface area contributed by atoms with E-state index in [4.69, 9.17) is 10.8 Å². The van der Waals surface area contributed by atoms with Crippen molar-refractivity contribution in [2.45, 2.75) is 25.0 Å². The van der Waals surface area contributed by atoms with Gasteiger partial charge in [-0.05, 0) is 24.6 Å². The summed E-state index contributed by atoms with van der Waals surface area (Å²) in [4.78, 5) is 13.2. The second kappa shape index (κ2) is 5.33. The molecule has 3 N–H and O–H groups in total. The molecule has 2 rings (SSSR count). The monoisotopic (exact) mass is 280 g/mol. The topological polar surface area (TPSA) is 66.6 Å². The van der Waals surface area contributed by atoms with Crippen LogP contribution in [0.25, 0.3) is 0 Å². The molecule has 1 aliphatic heterocycles. The van der Waals surface area contributed by atoms with Crippen LogP contribution in [0.3, 0.4) is 0 Å². The van der Waals surface area contributed by atoms with Crippen LogP contribution in [0.1, 0.15) is 30.6 Å². The largest absolute Gasteiger partial charge is 0.478 e. The lowest BCUT2D eigenvalue weighted by Crippen LogP contribution is -2.27. The lowest BCUT2D eigenvalue weighted by Gasteiger charge is -2.24. The molecule has 1 aliphatic rings. The maximum atomic E-state index is 11.0. The average Bonchev–Trinajstić information content (AvgIpc) is 2.49. The number of hydrogen-bond donors (Lipinski definition) is 2. The summed E-state index contributed by atoms with van der Waals surface area (Å²) in [6.45, 7) is 6.48. The fraction of sp³-hybridized carbons (Fsp3) is 0.500. The van der Waals surface area contributed by atoms with Gasteiger partial charge in [-0.25, -0.2) is 4.79 Å². The third kappa shape index (κ3) is 3.35. The number of nitrogen functional groups attached to an aromatic ring is 1. The first-order valence-corrected chi connectivity index (χ1v) is 7.39. The summed E-state index contributed by atoms with van der Waals surface area (Å²) in [6, 6.07) is 5.21. The quantitative estimate of drug-likeness (QED) is 0.815. The Bertz CT molecular complexity index is 488. The van der Waals surface area contributed by atoms with Crippen LogP contribution in [-0.2, 0) is 0 Å². The highest BCUT2D eigenvalue weighted by Gasteiger charge is 2.24. The van der Waals surface area contributed by atoms with Gasteiger partial charge in [-0.15, -0.1) is 0 Å². The molecule has 0 radical (unpaired) electrons. The third-order valence-electron chi connectivity index (χ3n) is 3.47. The van der Waals surface area contributed by atoms with E-state index >= 15 is 0 Å². The Labute approximate surface area is 118 Å². The number of carboxylic acid groups (broad SMARTS) is 1. The molecule has 1 aromatic carbocycles. The number of hydrogen-bond acceptors (Lipinski definition) is 4. The van der Waals surface area contributed by atoms with Crippen LogP contribution in [0.15, 0.2) is 18.2 Å². The summed E-state index contributed by atoms with van der Waals surface area (Å²) in [5, 5.41) is 8.98. The highest BCUT2D eigenvalue weighted by Crippen LogP contribution is 2.33. The van der Waals surface area contributed by atoms with Gasteiger partial charge in [-0.3, -0.25) is 0 Å². The summed E-state index contributed by atoms with van der Waals surface area (Å²) in [6.07, 6.45) is 1.11. The molecule has 1 heterocycles. The van der Waals surface area contributed by atoms with Gasteiger partial charge in [0.2, 0.25) is 0 Å². The minimum atomic E-state index is -0.975. The van der Waals surface area contributed by atoms with Gasteiger partial charge >= 0.3 is 5.97 Å². The number of aromatic carboxylic acids is 1. The van der Waals surface area contributed by atoms with E-state index in [9.17, 15) is 4.79 Å². The number of carboxylic acids is 1. The zero-order valence-electron chi connectivity index (χ0n) is 11.3. The van der Waals surface area contributed by atoms with E-state index < -0.39 is 5.97 Å². The number of anilines is 2. The van der Waals surface area contributed by atoms with Crippen molar-refractivity contribution in [1.82, 2.24) is 0 Å². The van der Waals surface area contributed by atoms with E-state index in [-0.39, 0.29) is 5.56 Å². The highest BCUT2D eigenvalue weighted by atomic mass is 32.2. The van der Waals surface area contributed by atoms with Gasteiger partial charge in [0.15, 0.2) is 0 Å². The molecule has 0 amide bonds. The highest BCUT2D eigenvalue weighted by molar-refractivity contribution is 8.00. The first kappa shape index (κ1) is 14.1. The van der Waals surface area contributed by atoms with Gasteiger partial charge < -0.3 is 15.7 Å². The van der Waals surface area contributed by atoms with Crippen molar-refractivity contribution in [2.75, 3.05) is 29.5 Å². The summed E-state index contributed by atoms with van der Waals surface area (Å²) >= 11 is 1.98. The van der Waals surface area contributed by atoms with Crippen molar-refractivity contribution < 1.29 is 9.90 Å². The van der Waals surface area contributed by atoms with Crippen LogP contribution in [0.2, 0.25) is 0 Å². The predicted octanol–water partition coefficient (Wildman–Crippen LogP) is 2.69. The Morgan fingerprint density at radius 2 is 2.16 bits per heavy atom. The van der Waals surface area contributed by atoms with Crippen molar-refractivity contribution >= 4 is 29.1 Å². The molecule has 1 saturated heterocycles. The fourth-order valence-corrected chi connectivity index (χ4v) is 3.32. The number of carbonyl (C=O) groups is 1. The molecule has 0 saturated carbocycles. The molecule has 0 atom stereocenters. The van der Waals surface area contributed by atoms with Crippen LogP contribution in [0.5, 0.6) is 0 Å². The van der Waals surface area contributed by atoms with Crippen molar-refractivity contribution in [3.8, 4) is 0 Å². The summed E-state index contributed by atoms with van der Waals surface area (Å²) in [5.74, 6) is 0.102. The van der Waals surface area contributed by atoms with E-state index in [2.05, 4.69) is 18.7 Å². The molecule has 104 valence electrons. The van der Waals surface area contributed by atoms with Crippen LogP contribution in [0.4, 0.5) is 11.4 Å². The molecule has 0 unspecified atom stereocenters. The maximum Gasteiger partial charge on any atom is 0.337 e. The normalized spacial score (nSPS) is 18.9. The zero-order chi connectivity index (χ0) is 14.0. The molecule has 0 bridgehead atoms. The zero-order valence-corrected chi connectivity index (χ0v) is 12.2. The van der Waals surface area contributed by atoms with E-state index in [1.165, 1.54) is 0 Å². The average molecular weight is 280 g/mol. The molecule has 4 nitrogen and oxygen atoms in total. The second-order valence-corrected chi connectivity index (χ2v) is 7.22. The number of thioether (sulfide) groups is 1. The minimum Gasteiger partial charge on any atom is -0.478 e. The van der Waals surface area contributed by atoms with Crippen LogP contribution >= 0.6 is 11.8 Å². The molecular weight excluding hydrogens is 260 g/mol. The molecule has 0 spiro atoms. The standard InChI is InChI=1S/C14H20N2O2S/c1-14(2)5-6-16(7-8-19-14)10-3-4-11(13(17)18)12(15)9-10/h3-4,9H,5-8,15H2,1-2H3,(H,17,18). The van der Waals surface area contributed by atoms with Gasteiger partial charge in [0, 0.05) is 35.0 Å². The van der Waals surface area contributed by atoms with Crippen LogP contribution in [-0.4, -0.2) is 34.7 Å². The number of nitrogens with zero attached hydrogens (tertiary/aromatic N) is 1. The summed E-state index contributed by atoms with van der Waals surface area (Å²) in [7, 11) is 0. The first-order valence-electron chi connectivity index (χ1n) is 6.41. The van der Waals surface area contributed by atoms with E-state index in [1.807, 2.05) is 17.8 Å². The number of benzene rings is 1. The second-order valence-electron chi connectivity index (χ2n) is 5.42. The molecule has 5 heteroatoms. The lowest BCUT2D eigenvalue weighted by molar-refractivity contribution is 0.0698. The smallest absolute Gasteiger partial charge is 0.337 e.